The van der Waals surface area contributed by atoms with Crippen molar-refractivity contribution in [3.05, 3.63) is 13.2 Å². The third-order valence-corrected chi connectivity index (χ3v) is 14.3. The van der Waals surface area contributed by atoms with Crippen LogP contribution in [0.1, 0.15) is 126 Å². The van der Waals surface area contributed by atoms with E-state index < -0.39 is 0 Å². The molecule has 1 amide bonds. The first-order valence-electron chi connectivity index (χ1n) is 18.6. The molecule has 0 aromatic heterocycles. The third kappa shape index (κ3) is 5.63. The van der Waals surface area contributed by atoms with Crippen LogP contribution in [0.25, 0.3) is 0 Å². The molecule has 12 atom stereocenters. The van der Waals surface area contributed by atoms with Crippen molar-refractivity contribution in [2.45, 2.75) is 144 Å². The van der Waals surface area contributed by atoms with E-state index in [-0.39, 0.29) is 18.2 Å². The fourth-order valence-corrected chi connectivity index (χ4v) is 12.3. The molecule has 6 aliphatic carbocycles. The van der Waals surface area contributed by atoms with Crippen LogP contribution in [0.15, 0.2) is 13.2 Å². The van der Waals surface area contributed by atoms with Crippen molar-refractivity contribution in [2.75, 3.05) is 13.1 Å². The minimum Gasteiger partial charge on any atom is -0.446 e. The smallest absolute Gasteiger partial charge is 0.407 e. The molecular weight excluding hydrogens is 530 g/mol. The lowest BCUT2D eigenvalue weighted by atomic mass is 9.48. The lowest BCUT2D eigenvalue weighted by Crippen LogP contribution is -2.57. The van der Waals surface area contributed by atoms with E-state index in [0.29, 0.717) is 34.1 Å². The number of nitrogens with one attached hydrogen (secondary N) is 2. The first-order chi connectivity index (χ1) is 20.7. The van der Waals surface area contributed by atoms with Crippen molar-refractivity contribution in [2.24, 2.45) is 69.3 Å². The van der Waals surface area contributed by atoms with Crippen molar-refractivity contribution in [1.29, 1.82) is 0 Å². The number of alkyl carbamates (subject to hydrolysis) is 1. The molecule has 1 aliphatic heterocycles. The second-order valence-electron chi connectivity index (χ2n) is 15.7. The third-order valence-electron chi connectivity index (χ3n) is 14.3. The summed E-state index contributed by atoms with van der Waals surface area (Å²) in [5.74, 6) is 6.36. The summed E-state index contributed by atoms with van der Waals surface area (Å²) in [6.45, 7) is 25.5. The van der Waals surface area contributed by atoms with Gasteiger partial charge in [-0.2, -0.15) is 0 Å². The monoisotopic (exact) mass is 600 g/mol. The van der Waals surface area contributed by atoms with Crippen LogP contribution >= 0.6 is 0 Å². The normalized spacial score (nSPS) is 46.0. The largest absolute Gasteiger partial charge is 0.446 e. The molecule has 7 fully saturated rings. The van der Waals surface area contributed by atoms with Gasteiger partial charge in [0.25, 0.3) is 0 Å². The van der Waals surface area contributed by atoms with Crippen molar-refractivity contribution < 1.29 is 9.53 Å². The number of rotatable bonds is 4. The summed E-state index contributed by atoms with van der Waals surface area (Å²) in [6, 6.07) is 0.638. The molecule has 0 bridgehead atoms. The van der Waals surface area contributed by atoms with Crippen LogP contribution in [-0.4, -0.2) is 37.4 Å². The molecule has 5 heteroatoms. The predicted molar refractivity (Wildman–Crippen MR) is 181 cm³/mol. The highest BCUT2D eigenvalue weighted by molar-refractivity contribution is 5.68. The molecule has 7 aliphatic rings. The van der Waals surface area contributed by atoms with Crippen LogP contribution in [0, 0.1) is 63.6 Å². The number of amides is 1. The van der Waals surface area contributed by atoms with Gasteiger partial charge < -0.3 is 21.1 Å². The lowest BCUT2D eigenvalue weighted by Gasteiger charge is -2.57. The molecule has 12 unspecified atom stereocenters. The van der Waals surface area contributed by atoms with Crippen LogP contribution in [-0.2, 0) is 4.74 Å². The Morgan fingerprint density at radius 1 is 0.884 bits per heavy atom. The number of fused-ring (bicyclic) bond motifs is 4. The van der Waals surface area contributed by atoms with Crippen molar-refractivity contribution in [3.8, 4) is 0 Å². The summed E-state index contributed by atoms with van der Waals surface area (Å²) in [5, 5.41) is 6.28. The zero-order chi connectivity index (χ0) is 31.7. The van der Waals surface area contributed by atoms with Gasteiger partial charge in [0.15, 0.2) is 0 Å². The van der Waals surface area contributed by atoms with Crippen LogP contribution in [0.3, 0.4) is 0 Å². The molecule has 0 radical (unpaired) electrons. The van der Waals surface area contributed by atoms with Crippen molar-refractivity contribution in [3.63, 3.8) is 0 Å². The van der Waals surface area contributed by atoms with Gasteiger partial charge in [0.2, 0.25) is 0 Å². The van der Waals surface area contributed by atoms with Crippen molar-refractivity contribution >= 4 is 6.09 Å². The maximum absolute atomic E-state index is 12.6. The van der Waals surface area contributed by atoms with E-state index in [4.69, 9.17) is 10.5 Å². The Bertz CT molecular complexity index is 936. The van der Waals surface area contributed by atoms with E-state index in [0.717, 1.165) is 55.0 Å². The topological polar surface area (TPSA) is 76.4 Å². The van der Waals surface area contributed by atoms with Gasteiger partial charge in [-0.15, -0.1) is 13.2 Å². The molecule has 0 aromatic rings. The molecule has 6 saturated carbocycles. The molecular formula is C38H69N3O2. The van der Waals surface area contributed by atoms with Gasteiger partial charge in [-0.3, -0.25) is 0 Å². The highest BCUT2D eigenvalue weighted by atomic mass is 16.6. The van der Waals surface area contributed by atoms with Gasteiger partial charge in [0.1, 0.15) is 6.10 Å². The summed E-state index contributed by atoms with van der Waals surface area (Å²) in [4.78, 5) is 12.6. The highest BCUT2D eigenvalue weighted by Crippen LogP contribution is 2.86. The zero-order valence-corrected chi connectivity index (χ0v) is 29.4. The van der Waals surface area contributed by atoms with E-state index >= 15 is 0 Å². The lowest BCUT2D eigenvalue weighted by molar-refractivity contribution is -0.101. The highest BCUT2D eigenvalue weighted by Gasteiger charge is 2.79. The molecule has 5 nitrogen and oxygen atoms in total. The summed E-state index contributed by atoms with van der Waals surface area (Å²) in [5.41, 5.74) is 8.45. The van der Waals surface area contributed by atoms with E-state index in [2.05, 4.69) is 51.5 Å². The minimum atomic E-state index is -0.184. The second-order valence-corrected chi connectivity index (χ2v) is 15.7. The van der Waals surface area contributed by atoms with E-state index in [1.165, 1.54) is 64.2 Å². The first-order valence-corrected chi connectivity index (χ1v) is 18.6. The average Bonchev–Trinajstić information content (AvgIpc) is 3.58. The fraction of sp³-hybridized carbons (Fsp3) is 0.921. The minimum absolute atomic E-state index is 0.100. The fourth-order valence-electron chi connectivity index (χ4n) is 12.3. The Hall–Kier alpha value is -1.07. The summed E-state index contributed by atoms with van der Waals surface area (Å²) < 4.78 is 6.06. The summed E-state index contributed by atoms with van der Waals surface area (Å²) in [6.07, 6.45) is 15.2. The van der Waals surface area contributed by atoms with Crippen LogP contribution in [0.4, 0.5) is 4.79 Å². The molecule has 7 rings (SSSR count). The number of carbonyl (C=O) groups is 1. The Morgan fingerprint density at radius 2 is 1.51 bits per heavy atom. The SMILES string of the molecule is C=C.CC.CC.CC(C)C(N)C1CCC2C(C1)CC1C3CCC4C(C)C(OC(=O)NC5CNC5)CCC45CC35CCC21C. The predicted octanol–water partition coefficient (Wildman–Crippen LogP) is 8.58. The van der Waals surface area contributed by atoms with Gasteiger partial charge in [-0.25, -0.2) is 4.79 Å². The molecule has 1 saturated heterocycles. The summed E-state index contributed by atoms with van der Waals surface area (Å²) >= 11 is 0. The Balaban J connectivity index is 0.000000666. The number of hydrogen-bond acceptors (Lipinski definition) is 4. The average molecular weight is 600 g/mol. The van der Waals surface area contributed by atoms with E-state index in [1.54, 1.807) is 0 Å². The molecule has 2 spiro atoms. The van der Waals surface area contributed by atoms with Gasteiger partial charge in [0.05, 0.1) is 6.04 Å². The quantitative estimate of drug-likeness (QED) is 0.283. The Kier molecular flexibility index (Phi) is 11.1. The number of nitrogens with two attached hydrogens (primary N) is 1. The Labute approximate surface area is 265 Å². The van der Waals surface area contributed by atoms with Gasteiger partial charge in [0, 0.05) is 19.1 Å². The molecule has 4 N–H and O–H groups in total. The standard InChI is InChI=1S/C32H53N3O2.2C2H6.C2H4/c1-18(2)28(33)20-5-6-24-21(13-20)14-26-25-8-7-23-19(3)27(37-29(36)35-22-15-34-16-22)9-10-31(23)17-32(25,31)12-11-30(24,26)4;3*1-2/h18-28,34H,5-17,33H2,1-4H3,(H,35,36);2*1-2H3;1-2H2. The van der Waals surface area contributed by atoms with Crippen LogP contribution < -0.4 is 16.4 Å². The van der Waals surface area contributed by atoms with Crippen molar-refractivity contribution in [1.82, 2.24) is 10.6 Å². The molecule has 248 valence electrons. The maximum atomic E-state index is 12.6. The molecule has 1 heterocycles. The van der Waals surface area contributed by atoms with Crippen LogP contribution in [0.2, 0.25) is 0 Å². The number of carbonyl (C=O) groups excluding carboxylic acids is 1. The van der Waals surface area contributed by atoms with Gasteiger partial charge >= 0.3 is 6.09 Å². The molecule has 0 aromatic carbocycles. The first kappa shape index (κ1) is 34.8. The second kappa shape index (κ2) is 13.7. The summed E-state index contributed by atoms with van der Waals surface area (Å²) in [7, 11) is 0. The zero-order valence-electron chi connectivity index (χ0n) is 29.4. The number of hydrogen-bond donors (Lipinski definition) is 3. The molecule has 43 heavy (non-hydrogen) atoms. The van der Waals surface area contributed by atoms with Gasteiger partial charge in [-0.1, -0.05) is 55.4 Å². The van der Waals surface area contributed by atoms with Gasteiger partial charge in [-0.05, 0) is 134 Å². The van der Waals surface area contributed by atoms with E-state index in [1.807, 2.05) is 27.7 Å². The maximum Gasteiger partial charge on any atom is 0.407 e. The van der Waals surface area contributed by atoms with E-state index in [9.17, 15) is 4.79 Å². The Morgan fingerprint density at radius 3 is 2.14 bits per heavy atom. The number of ether oxygens (including phenoxy) is 1. The van der Waals surface area contributed by atoms with Crippen LogP contribution in [0.5, 0.6) is 0 Å².